The van der Waals surface area contributed by atoms with Gasteiger partial charge in [0.2, 0.25) is 0 Å². The molecule has 0 fully saturated rings. The molecule has 2 rings (SSSR count). The summed E-state index contributed by atoms with van der Waals surface area (Å²) in [6, 6.07) is 11.3. The van der Waals surface area contributed by atoms with E-state index in [0.29, 0.717) is 17.1 Å². The molecule has 0 heterocycles. The SMILES string of the molecule is COc1ccc(NS(=O)(=O)c2cccc(N)c2)c(C)c1. The fourth-order valence-electron chi connectivity index (χ4n) is 1.76. The van der Waals surface area contributed by atoms with Crippen molar-refractivity contribution in [2.24, 2.45) is 0 Å². The first-order valence-electron chi connectivity index (χ1n) is 5.95. The summed E-state index contributed by atoms with van der Waals surface area (Å²) in [4.78, 5) is 0.132. The first kappa shape index (κ1) is 14.2. The second-order valence-corrected chi connectivity index (χ2v) is 6.04. The average molecular weight is 292 g/mol. The predicted molar refractivity (Wildman–Crippen MR) is 79.4 cm³/mol. The number of aryl methyl sites for hydroxylation is 1. The molecule has 0 saturated heterocycles. The zero-order chi connectivity index (χ0) is 14.8. The number of methoxy groups -OCH3 is 1. The molecule has 0 radical (unpaired) electrons. The van der Waals surface area contributed by atoms with E-state index >= 15 is 0 Å². The maximum Gasteiger partial charge on any atom is 0.261 e. The third-order valence-corrected chi connectivity index (χ3v) is 4.21. The molecule has 5 nitrogen and oxygen atoms in total. The Morgan fingerprint density at radius 1 is 1.15 bits per heavy atom. The molecule has 0 atom stereocenters. The van der Waals surface area contributed by atoms with Crippen molar-refractivity contribution in [2.45, 2.75) is 11.8 Å². The number of nitrogens with two attached hydrogens (primary N) is 1. The summed E-state index contributed by atoms with van der Waals surface area (Å²) >= 11 is 0. The van der Waals surface area contributed by atoms with Gasteiger partial charge in [-0.05, 0) is 48.9 Å². The maximum atomic E-state index is 12.3. The number of nitrogen functional groups attached to an aromatic ring is 1. The monoisotopic (exact) mass is 292 g/mol. The minimum Gasteiger partial charge on any atom is -0.497 e. The number of hydrogen-bond donors (Lipinski definition) is 2. The number of sulfonamides is 1. The lowest BCUT2D eigenvalue weighted by Crippen LogP contribution is -2.14. The van der Waals surface area contributed by atoms with Crippen LogP contribution in [-0.4, -0.2) is 15.5 Å². The molecule has 3 N–H and O–H groups in total. The normalized spacial score (nSPS) is 11.1. The van der Waals surface area contributed by atoms with Crippen LogP contribution >= 0.6 is 0 Å². The van der Waals surface area contributed by atoms with Gasteiger partial charge in [0.15, 0.2) is 0 Å². The van der Waals surface area contributed by atoms with Gasteiger partial charge in [-0.2, -0.15) is 0 Å². The summed E-state index contributed by atoms with van der Waals surface area (Å²) < 4.78 is 32.2. The van der Waals surface area contributed by atoms with Crippen LogP contribution in [0.25, 0.3) is 0 Å². The molecule has 106 valence electrons. The molecule has 2 aromatic carbocycles. The Bertz CT molecular complexity index is 727. The van der Waals surface area contributed by atoms with E-state index in [0.717, 1.165) is 5.56 Å². The van der Waals surface area contributed by atoms with Gasteiger partial charge in [-0.15, -0.1) is 0 Å². The van der Waals surface area contributed by atoms with Gasteiger partial charge in [-0.25, -0.2) is 8.42 Å². The fraction of sp³-hybridized carbons (Fsp3) is 0.143. The van der Waals surface area contributed by atoms with E-state index in [-0.39, 0.29) is 4.90 Å². The Morgan fingerprint density at radius 2 is 1.90 bits per heavy atom. The van der Waals surface area contributed by atoms with Crippen molar-refractivity contribution in [1.29, 1.82) is 0 Å². The summed E-state index contributed by atoms with van der Waals surface area (Å²) in [7, 11) is -2.09. The van der Waals surface area contributed by atoms with E-state index in [9.17, 15) is 8.42 Å². The van der Waals surface area contributed by atoms with Gasteiger partial charge >= 0.3 is 0 Å². The first-order valence-corrected chi connectivity index (χ1v) is 7.44. The highest BCUT2D eigenvalue weighted by molar-refractivity contribution is 7.92. The van der Waals surface area contributed by atoms with Crippen molar-refractivity contribution in [3.63, 3.8) is 0 Å². The molecule has 0 unspecified atom stereocenters. The van der Waals surface area contributed by atoms with Crippen molar-refractivity contribution in [2.75, 3.05) is 17.6 Å². The molecule has 0 amide bonds. The van der Waals surface area contributed by atoms with Gasteiger partial charge in [0.25, 0.3) is 10.0 Å². The lowest BCUT2D eigenvalue weighted by molar-refractivity contribution is 0.414. The highest BCUT2D eigenvalue weighted by Crippen LogP contribution is 2.24. The third kappa shape index (κ3) is 3.03. The van der Waals surface area contributed by atoms with Gasteiger partial charge in [0.1, 0.15) is 5.75 Å². The van der Waals surface area contributed by atoms with Crippen LogP contribution < -0.4 is 15.2 Å². The zero-order valence-electron chi connectivity index (χ0n) is 11.3. The van der Waals surface area contributed by atoms with E-state index in [1.807, 2.05) is 0 Å². The van der Waals surface area contributed by atoms with Gasteiger partial charge < -0.3 is 10.5 Å². The molecule has 0 aliphatic rings. The topological polar surface area (TPSA) is 81.4 Å². The van der Waals surface area contributed by atoms with Crippen molar-refractivity contribution in [1.82, 2.24) is 0 Å². The number of rotatable bonds is 4. The maximum absolute atomic E-state index is 12.3. The Labute approximate surface area is 118 Å². The van der Waals surface area contributed by atoms with E-state index in [1.54, 1.807) is 44.4 Å². The third-order valence-electron chi connectivity index (χ3n) is 2.85. The van der Waals surface area contributed by atoms with Crippen molar-refractivity contribution in [3.05, 3.63) is 48.0 Å². The zero-order valence-corrected chi connectivity index (χ0v) is 12.1. The Kier molecular flexibility index (Phi) is 3.85. The lowest BCUT2D eigenvalue weighted by atomic mass is 10.2. The molecule has 20 heavy (non-hydrogen) atoms. The van der Waals surface area contributed by atoms with Gasteiger partial charge in [0, 0.05) is 5.69 Å². The highest BCUT2D eigenvalue weighted by atomic mass is 32.2. The van der Waals surface area contributed by atoms with Crippen LogP contribution in [0.15, 0.2) is 47.4 Å². The summed E-state index contributed by atoms with van der Waals surface area (Å²) in [6.45, 7) is 1.81. The molecule has 2 aromatic rings. The van der Waals surface area contributed by atoms with E-state index in [2.05, 4.69) is 4.72 Å². The van der Waals surface area contributed by atoms with Crippen molar-refractivity contribution < 1.29 is 13.2 Å². The van der Waals surface area contributed by atoms with Crippen LogP contribution in [0.2, 0.25) is 0 Å². The molecular formula is C14H16N2O3S. The molecule has 0 spiro atoms. The largest absolute Gasteiger partial charge is 0.497 e. The molecule has 0 aromatic heterocycles. The van der Waals surface area contributed by atoms with Crippen molar-refractivity contribution >= 4 is 21.4 Å². The van der Waals surface area contributed by atoms with E-state index in [1.165, 1.54) is 12.1 Å². The van der Waals surface area contributed by atoms with Gasteiger partial charge in [-0.3, -0.25) is 4.72 Å². The second kappa shape index (κ2) is 5.42. The fourth-order valence-corrected chi connectivity index (χ4v) is 2.95. The summed E-state index contributed by atoms with van der Waals surface area (Å²) in [5.41, 5.74) is 7.29. The molecule has 0 aliphatic heterocycles. The Hall–Kier alpha value is -2.21. The van der Waals surface area contributed by atoms with E-state index in [4.69, 9.17) is 10.5 Å². The predicted octanol–water partition coefficient (Wildman–Crippen LogP) is 2.39. The van der Waals surface area contributed by atoms with E-state index < -0.39 is 10.0 Å². The Balaban J connectivity index is 2.33. The van der Waals surface area contributed by atoms with Crippen LogP contribution in [0, 0.1) is 6.92 Å². The number of benzene rings is 2. The molecule has 6 heteroatoms. The first-order chi connectivity index (χ1) is 9.42. The van der Waals surface area contributed by atoms with Gasteiger partial charge in [0.05, 0.1) is 17.7 Å². The minimum atomic E-state index is -3.65. The summed E-state index contributed by atoms with van der Waals surface area (Å²) in [5, 5.41) is 0. The highest BCUT2D eigenvalue weighted by Gasteiger charge is 2.15. The summed E-state index contributed by atoms with van der Waals surface area (Å²) in [6.07, 6.45) is 0. The standard InChI is InChI=1S/C14H16N2O3S/c1-10-8-12(19-2)6-7-14(10)16-20(17,18)13-5-3-4-11(15)9-13/h3-9,16H,15H2,1-2H3. The smallest absolute Gasteiger partial charge is 0.261 e. The quantitative estimate of drug-likeness (QED) is 0.848. The van der Waals surface area contributed by atoms with Crippen molar-refractivity contribution in [3.8, 4) is 5.75 Å². The Morgan fingerprint density at radius 3 is 2.50 bits per heavy atom. The van der Waals surface area contributed by atoms with Crippen LogP contribution in [0.3, 0.4) is 0 Å². The lowest BCUT2D eigenvalue weighted by Gasteiger charge is -2.12. The second-order valence-electron chi connectivity index (χ2n) is 4.36. The number of nitrogens with one attached hydrogen (secondary N) is 1. The average Bonchev–Trinajstić information content (AvgIpc) is 2.41. The van der Waals surface area contributed by atoms with Crippen LogP contribution in [0.4, 0.5) is 11.4 Å². The van der Waals surface area contributed by atoms with Crippen LogP contribution in [0.5, 0.6) is 5.75 Å². The summed E-state index contributed by atoms with van der Waals surface area (Å²) in [5.74, 6) is 0.675. The molecular weight excluding hydrogens is 276 g/mol. The van der Waals surface area contributed by atoms with Crippen LogP contribution in [0.1, 0.15) is 5.56 Å². The molecule has 0 saturated carbocycles. The van der Waals surface area contributed by atoms with Gasteiger partial charge in [-0.1, -0.05) is 6.07 Å². The molecule has 0 aliphatic carbocycles. The molecule has 0 bridgehead atoms. The number of ether oxygens (including phenoxy) is 1. The van der Waals surface area contributed by atoms with Crippen LogP contribution in [-0.2, 0) is 10.0 Å². The number of hydrogen-bond acceptors (Lipinski definition) is 4. The number of anilines is 2. The minimum absolute atomic E-state index is 0.132.